The molecular weight excluding hydrogens is 252 g/mol. The first-order valence-corrected chi connectivity index (χ1v) is 6.54. The molecule has 20 heavy (non-hydrogen) atoms. The fraction of sp³-hybridized carbons (Fsp3) is 0.333. The molecule has 0 aliphatic carbocycles. The SMILES string of the molecule is CN(C)CCN(C)C(=O)c1cc2ccccc2c(N)n1. The van der Waals surface area contributed by atoms with Gasteiger partial charge >= 0.3 is 0 Å². The van der Waals surface area contributed by atoms with Gasteiger partial charge in [0, 0.05) is 25.5 Å². The second-order valence-electron chi connectivity index (χ2n) is 5.14. The minimum absolute atomic E-state index is 0.107. The first-order valence-electron chi connectivity index (χ1n) is 6.54. The highest BCUT2D eigenvalue weighted by molar-refractivity contribution is 5.99. The van der Waals surface area contributed by atoms with Gasteiger partial charge in [0.05, 0.1) is 0 Å². The van der Waals surface area contributed by atoms with E-state index in [0.717, 1.165) is 17.3 Å². The summed E-state index contributed by atoms with van der Waals surface area (Å²) in [5, 5.41) is 1.81. The number of nitrogen functional groups attached to an aromatic ring is 1. The number of anilines is 1. The number of carbonyl (C=O) groups is 1. The molecule has 0 aliphatic heterocycles. The first-order chi connectivity index (χ1) is 9.49. The zero-order valence-corrected chi connectivity index (χ0v) is 12.1. The zero-order chi connectivity index (χ0) is 14.7. The van der Waals surface area contributed by atoms with E-state index in [0.29, 0.717) is 18.1 Å². The molecule has 2 aromatic rings. The van der Waals surface area contributed by atoms with Crippen LogP contribution in [0.15, 0.2) is 30.3 Å². The summed E-state index contributed by atoms with van der Waals surface area (Å²) in [6, 6.07) is 9.46. The van der Waals surface area contributed by atoms with Crippen LogP contribution in [-0.4, -0.2) is 54.9 Å². The third kappa shape index (κ3) is 3.05. The molecule has 0 fully saturated rings. The maximum absolute atomic E-state index is 12.3. The van der Waals surface area contributed by atoms with Crippen molar-refractivity contribution in [1.29, 1.82) is 0 Å². The Morgan fingerprint density at radius 1 is 1.20 bits per heavy atom. The molecule has 5 heteroatoms. The summed E-state index contributed by atoms with van der Waals surface area (Å²) in [6.45, 7) is 1.46. The van der Waals surface area contributed by atoms with Crippen molar-refractivity contribution in [1.82, 2.24) is 14.8 Å². The van der Waals surface area contributed by atoms with Crippen LogP contribution >= 0.6 is 0 Å². The maximum Gasteiger partial charge on any atom is 0.272 e. The zero-order valence-electron chi connectivity index (χ0n) is 12.1. The van der Waals surface area contributed by atoms with Gasteiger partial charge in [0.15, 0.2) is 0 Å². The summed E-state index contributed by atoms with van der Waals surface area (Å²) in [5.41, 5.74) is 6.32. The van der Waals surface area contributed by atoms with Crippen molar-refractivity contribution in [2.75, 3.05) is 40.0 Å². The number of fused-ring (bicyclic) bond motifs is 1. The van der Waals surface area contributed by atoms with Crippen molar-refractivity contribution in [3.63, 3.8) is 0 Å². The van der Waals surface area contributed by atoms with E-state index in [1.54, 1.807) is 18.0 Å². The molecule has 0 atom stereocenters. The fourth-order valence-electron chi connectivity index (χ4n) is 1.98. The largest absolute Gasteiger partial charge is 0.383 e. The normalized spacial score (nSPS) is 11.0. The molecule has 0 saturated heterocycles. The number of nitrogens with two attached hydrogens (primary N) is 1. The van der Waals surface area contributed by atoms with Crippen LogP contribution in [0.2, 0.25) is 0 Å². The van der Waals surface area contributed by atoms with Gasteiger partial charge in [0.25, 0.3) is 5.91 Å². The number of likely N-dealkylation sites (N-methyl/N-ethyl adjacent to an activating group) is 2. The second kappa shape index (κ2) is 5.88. The number of hydrogen-bond acceptors (Lipinski definition) is 4. The average molecular weight is 272 g/mol. The molecule has 0 aliphatic rings. The van der Waals surface area contributed by atoms with Crippen molar-refractivity contribution in [3.8, 4) is 0 Å². The van der Waals surface area contributed by atoms with Crippen LogP contribution in [0.4, 0.5) is 5.82 Å². The summed E-state index contributed by atoms with van der Waals surface area (Å²) >= 11 is 0. The van der Waals surface area contributed by atoms with Gasteiger partial charge in [-0.3, -0.25) is 4.79 Å². The van der Waals surface area contributed by atoms with E-state index in [1.807, 2.05) is 43.3 Å². The Labute approximate surface area is 119 Å². The Morgan fingerprint density at radius 2 is 1.90 bits per heavy atom. The Kier molecular flexibility index (Phi) is 4.20. The fourth-order valence-corrected chi connectivity index (χ4v) is 1.98. The highest BCUT2D eigenvalue weighted by atomic mass is 16.2. The van der Waals surface area contributed by atoms with Crippen LogP contribution < -0.4 is 5.73 Å². The van der Waals surface area contributed by atoms with E-state index in [-0.39, 0.29) is 5.91 Å². The summed E-state index contributed by atoms with van der Waals surface area (Å²) in [6.07, 6.45) is 0. The predicted molar refractivity (Wildman–Crippen MR) is 81.7 cm³/mol. The Morgan fingerprint density at radius 3 is 2.60 bits per heavy atom. The van der Waals surface area contributed by atoms with Crippen molar-refractivity contribution in [2.24, 2.45) is 0 Å². The summed E-state index contributed by atoms with van der Waals surface area (Å²) < 4.78 is 0. The number of benzene rings is 1. The third-order valence-corrected chi connectivity index (χ3v) is 3.22. The number of aromatic nitrogens is 1. The van der Waals surface area contributed by atoms with Crippen molar-refractivity contribution < 1.29 is 4.79 Å². The number of nitrogens with zero attached hydrogens (tertiary/aromatic N) is 3. The molecule has 2 N–H and O–H groups in total. The summed E-state index contributed by atoms with van der Waals surface area (Å²) in [7, 11) is 5.73. The Hall–Kier alpha value is -2.14. The minimum Gasteiger partial charge on any atom is -0.383 e. The molecule has 1 aromatic carbocycles. The summed E-state index contributed by atoms with van der Waals surface area (Å²) in [4.78, 5) is 20.3. The first kappa shape index (κ1) is 14.3. The van der Waals surface area contributed by atoms with E-state index in [4.69, 9.17) is 5.73 Å². The average Bonchev–Trinajstić information content (AvgIpc) is 2.43. The van der Waals surface area contributed by atoms with Gasteiger partial charge in [-0.1, -0.05) is 24.3 Å². The van der Waals surface area contributed by atoms with Crippen LogP contribution in [0.1, 0.15) is 10.5 Å². The van der Waals surface area contributed by atoms with Crippen molar-refractivity contribution in [2.45, 2.75) is 0 Å². The van der Waals surface area contributed by atoms with Gasteiger partial charge in [-0.2, -0.15) is 0 Å². The number of pyridine rings is 1. The molecule has 1 heterocycles. The maximum atomic E-state index is 12.3. The molecule has 0 spiro atoms. The molecule has 0 unspecified atom stereocenters. The van der Waals surface area contributed by atoms with Gasteiger partial charge in [-0.05, 0) is 25.5 Å². The predicted octanol–water partition coefficient (Wildman–Crippen LogP) is 1.45. The molecule has 0 radical (unpaired) electrons. The number of amides is 1. The van der Waals surface area contributed by atoms with E-state index in [9.17, 15) is 4.79 Å². The van der Waals surface area contributed by atoms with E-state index >= 15 is 0 Å². The van der Waals surface area contributed by atoms with Gasteiger partial charge in [-0.25, -0.2) is 4.98 Å². The Bertz CT molecular complexity index is 624. The van der Waals surface area contributed by atoms with Gasteiger partial charge < -0.3 is 15.5 Å². The van der Waals surface area contributed by atoms with Crippen LogP contribution in [0.25, 0.3) is 10.8 Å². The minimum atomic E-state index is -0.107. The van der Waals surface area contributed by atoms with E-state index in [2.05, 4.69) is 4.98 Å². The van der Waals surface area contributed by atoms with Crippen LogP contribution in [0.3, 0.4) is 0 Å². The molecule has 1 amide bonds. The monoisotopic (exact) mass is 272 g/mol. The lowest BCUT2D eigenvalue weighted by Gasteiger charge is -2.19. The quantitative estimate of drug-likeness (QED) is 0.915. The number of hydrogen-bond donors (Lipinski definition) is 1. The van der Waals surface area contributed by atoms with Gasteiger partial charge in [0.2, 0.25) is 0 Å². The molecular formula is C15H20N4O. The number of carbonyl (C=O) groups excluding carboxylic acids is 1. The molecule has 0 saturated carbocycles. The lowest BCUT2D eigenvalue weighted by molar-refractivity contribution is 0.0781. The second-order valence-corrected chi connectivity index (χ2v) is 5.14. The van der Waals surface area contributed by atoms with Crippen LogP contribution in [0.5, 0.6) is 0 Å². The topological polar surface area (TPSA) is 62.5 Å². The molecule has 1 aromatic heterocycles. The Balaban J connectivity index is 2.26. The highest BCUT2D eigenvalue weighted by Crippen LogP contribution is 2.20. The van der Waals surface area contributed by atoms with Crippen molar-refractivity contribution in [3.05, 3.63) is 36.0 Å². The molecule has 2 rings (SSSR count). The smallest absolute Gasteiger partial charge is 0.272 e. The van der Waals surface area contributed by atoms with Crippen LogP contribution in [0, 0.1) is 0 Å². The standard InChI is InChI=1S/C15H20N4O/c1-18(2)8-9-19(3)15(20)13-10-11-6-4-5-7-12(11)14(16)17-13/h4-7,10H,8-9H2,1-3H3,(H2,16,17). The highest BCUT2D eigenvalue weighted by Gasteiger charge is 2.15. The van der Waals surface area contributed by atoms with Crippen molar-refractivity contribution >= 4 is 22.5 Å². The van der Waals surface area contributed by atoms with E-state index in [1.165, 1.54) is 0 Å². The molecule has 5 nitrogen and oxygen atoms in total. The third-order valence-electron chi connectivity index (χ3n) is 3.22. The number of rotatable bonds is 4. The van der Waals surface area contributed by atoms with Crippen LogP contribution in [-0.2, 0) is 0 Å². The molecule has 106 valence electrons. The summed E-state index contributed by atoms with van der Waals surface area (Å²) in [5.74, 6) is 0.289. The van der Waals surface area contributed by atoms with Gasteiger partial charge in [0.1, 0.15) is 11.5 Å². The molecule has 0 bridgehead atoms. The lowest BCUT2D eigenvalue weighted by Crippen LogP contribution is -2.34. The van der Waals surface area contributed by atoms with Gasteiger partial charge in [-0.15, -0.1) is 0 Å². The lowest BCUT2D eigenvalue weighted by atomic mass is 10.1. The van der Waals surface area contributed by atoms with E-state index < -0.39 is 0 Å².